The number of anilines is 2. The summed E-state index contributed by atoms with van der Waals surface area (Å²) in [5.74, 6) is -0.745. The van der Waals surface area contributed by atoms with Crippen LogP contribution >= 0.6 is 11.6 Å². The molecule has 2 N–H and O–H groups in total. The van der Waals surface area contributed by atoms with Crippen LogP contribution in [0.15, 0.2) is 36.4 Å². The number of aromatic nitrogens is 2. The van der Waals surface area contributed by atoms with Gasteiger partial charge in [-0.15, -0.1) is 0 Å². The second kappa shape index (κ2) is 7.75. The van der Waals surface area contributed by atoms with E-state index in [1.54, 1.807) is 18.2 Å². The fourth-order valence-electron chi connectivity index (χ4n) is 3.49. The van der Waals surface area contributed by atoms with Crippen molar-refractivity contribution in [3.05, 3.63) is 52.8 Å². The zero-order valence-corrected chi connectivity index (χ0v) is 15.8. The maximum atomic E-state index is 12.8. The van der Waals surface area contributed by atoms with E-state index in [4.69, 9.17) is 11.6 Å². The van der Waals surface area contributed by atoms with Crippen molar-refractivity contribution in [2.75, 3.05) is 23.3 Å². The molecule has 0 unspecified atom stereocenters. The summed E-state index contributed by atoms with van der Waals surface area (Å²) in [5, 5.41) is 3.44. The molecule has 1 saturated heterocycles. The Morgan fingerprint density at radius 2 is 1.93 bits per heavy atom. The molecule has 0 atom stereocenters. The van der Waals surface area contributed by atoms with E-state index in [0.29, 0.717) is 27.3 Å². The maximum Gasteiger partial charge on any atom is 0.295 e. The summed E-state index contributed by atoms with van der Waals surface area (Å²) in [5.41, 5.74) is 2.70. The highest BCUT2D eigenvalue weighted by Gasteiger charge is 2.18. The number of imidazole rings is 1. The quantitative estimate of drug-likeness (QED) is 0.612. The van der Waals surface area contributed by atoms with Crippen LogP contribution in [0.25, 0.3) is 11.0 Å². The van der Waals surface area contributed by atoms with Crippen LogP contribution in [0.4, 0.5) is 20.2 Å². The number of hydrogen-bond acceptors (Lipinski definition) is 3. The number of amides is 1. The van der Waals surface area contributed by atoms with Crippen molar-refractivity contribution in [2.45, 2.75) is 25.7 Å². The molecule has 0 saturated carbocycles. The second-order valence-electron chi connectivity index (χ2n) is 6.82. The van der Waals surface area contributed by atoms with Gasteiger partial charge in [0.25, 0.3) is 12.3 Å². The highest BCUT2D eigenvalue weighted by Crippen LogP contribution is 2.32. The van der Waals surface area contributed by atoms with E-state index in [9.17, 15) is 13.6 Å². The predicted molar refractivity (Wildman–Crippen MR) is 107 cm³/mol. The molecule has 0 bridgehead atoms. The molecule has 3 aromatic rings. The topological polar surface area (TPSA) is 61.0 Å². The van der Waals surface area contributed by atoms with Gasteiger partial charge >= 0.3 is 0 Å². The number of halogens is 3. The third-order valence-corrected chi connectivity index (χ3v) is 5.11. The Morgan fingerprint density at radius 3 is 2.68 bits per heavy atom. The Labute approximate surface area is 165 Å². The number of H-pyrrole nitrogens is 1. The standard InChI is InChI=1S/C20H19ClF2N4O/c21-13-5-7-17(27-8-2-1-3-9-27)16(11-13)26-20(28)12-4-6-14-15(10-12)25-19(24-14)18(22)23/h4-7,10-11,18H,1-3,8-9H2,(H,24,25)(H,26,28). The first kappa shape index (κ1) is 18.7. The fourth-order valence-corrected chi connectivity index (χ4v) is 3.66. The van der Waals surface area contributed by atoms with E-state index in [0.717, 1.165) is 31.6 Å². The van der Waals surface area contributed by atoms with Crippen molar-refractivity contribution >= 4 is 39.9 Å². The van der Waals surface area contributed by atoms with Gasteiger partial charge < -0.3 is 15.2 Å². The first-order valence-electron chi connectivity index (χ1n) is 9.15. The molecule has 1 fully saturated rings. The van der Waals surface area contributed by atoms with Gasteiger partial charge in [-0.05, 0) is 55.7 Å². The van der Waals surface area contributed by atoms with E-state index in [1.807, 2.05) is 12.1 Å². The predicted octanol–water partition coefficient (Wildman–Crippen LogP) is 5.40. The lowest BCUT2D eigenvalue weighted by atomic mass is 10.1. The largest absolute Gasteiger partial charge is 0.370 e. The van der Waals surface area contributed by atoms with Gasteiger partial charge in [0.2, 0.25) is 0 Å². The van der Waals surface area contributed by atoms with Crippen LogP contribution in [-0.2, 0) is 0 Å². The highest BCUT2D eigenvalue weighted by molar-refractivity contribution is 6.31. The minimum atomic E-state index is -2.69. The van der Waals surface area contributed by atoms with E-state index >= 15 is 0 Å². The normalized spacial score (nSPS) is 14.6. The van der Waals surface area contributed by atoms with Gasteiger partial charge in [0, 0.05) is 23.7 Å². The van der Waals surface area contributed by atoms with Crippen molar-refractivity contribution in [1.29, 1.82) is 0 Å². The Hall–Kier alpha value is -2.67. The monoisotopic (exact) mass is 404 g/mol. The van der Waals surface area contributed by atoms with Crippen LogP contribution in [0.2, 0.25) is 5.02 Å². The number of aromatic amines is 1. The molecule has 28 heavy (non-hydrogen) atoms. The number of benzene rings is 2. The third-order valence-electron chi connectivity index (χ3n) is 4.87. The summed E-state index contributed by atoms with van der Waals surface area (Å²) in [4.78, 5) is 21.4. The zero-order chi connectivity index (χ0) is 19.7. The Bertz CT molecular complexity index is 1010. The Kier molecular flexibility index (Phi) is 5.17. The molecular formula is C20H19ClF2N4O. The number of rotatable bonds is 4. The zero-order valence-electron chi connectivity index (χ0n) is 15.0. The van der Waals surface area contributed by atoms with Gasteiger partial charge in [0.05, 0.1) is 22.4 Å². The van der Waals surface area contributed by atoms with Crippen LogP contribution in [0, 0.1) is 0 Å². The molecule has 1 aliphatic rings. The summed E-state index contributed by atoms with van der Waals surface area (Å²) < 4.78 is 25.6. The molecule has 0 spiro atoms. The van der Waals surface area contributed by atoms with E-state index in [1.165, 1.54) is 12.5 Å². The average Bonchev–Trinajstić information content (AvgIpc) is 3.12. The molecule has 0 radical (unpaired) electrons. The molecule has 1 aliphatic heterocycles. The average molecular weight is 405 g/mol. The fraction of sp³-hybridized carbons (Fsp3) is 0.300. The van der Waals surface area contributed by atoms with Crippen LogP contribution in [0.5, 0.6) is 0 Å². The third kappa shape index (κ3) is 3.80. The second-order valence-corrected chi connectivity index (χ2v) is 7.25. The number of nitrogens with one attached hydrogen (secondary N) is 2. The van der Waals surface area contributed by atoms with Gasteiger partial charge in [0.1, 0.15) is 0 Å². The summed E-state index contributed by atoms with van der Waals surface area (Å²) >= 11 is 6.14. The van der Waals surface area contributed by atoms with Gasteiger partial charge in [-0.1, -0.05) is 11.6 Å². The minimum absolute atomic E-state index is 0.337. The van der Waals surface area contributed by atoms with Crippen molar-refractivity contribution in [3.63, 3.8) is 0 Å². The molecule has 8 heteroatoms. The lowest BCUT2D eigenvalue weighted by molar-refractivity contribution is 0.102. The lowest BCUT2D eigenvalue weighted by Gasteiger charge is -2.30. The highest BCUT2D eigenvalue weighted by atomic mass is 35.5. The first-order valence-corrected chi connectivity index (χ1v) is 9.53. The number of alkyl halides is 2. The number of piperidine rings is 1. The van der Waals surface area contributed by atoms with Crippen LogP contribution in [-0.4, -0.2) is 29.0 Å². The molecule has 2 aromatic carbocycles. The maximum absolute atomic E-state index is 12.8. The van der Waals surface area contributed by atoms with Crippen LogP contribution < -0.4 is 10.2 Å². The number of fused-ring (bicyclic) bond motifs is 1. The smallest absolute Gasteiger partial charge is 0.295 e. The van der Waals surface area contributed by atoms with Gasteiger partial charge in [-0.3, -0.25) is 4.79 Å². The lowest BCUT2D eigenvalue weighted by Crippen LogP contribution is -2.30. The van der Waals surface area contributed by atoms with E-state index < -0.39 is 12.2 Å². The molecule has 5 nitrogen and oxygen atoms in total. The Morgan fingerprint density at radius 1 is 1.14 bits per heavy atom. The molecule has 4 rings (SSSR count). The molecule has 1 aromatic heterocycles. The summed E-state index contributed by atoms with van der Waals surface area (Å²) in [6.07, 6.45) is 0.734. The van der Waals surface area contributed by atoms with E-state index in [2.05, 4.69) is 20.2 Å². The summed E-state index contributed by atoms with van der Waals surface area (Å²) in [6.45, 7) is 1.86. The number of carbonyl (C=O) groups excluding carboxylic acids is 1. The van der Waals surface area contributed by atoms with Gasteiger partial charge in [0.15, 0.2) is 5.82 Å². The van der Waals surface area contributed by atoms with Gasteiger partial charge in [-0.25, -0.2) is 13.8 Å². The number of nitrogens with zero attached hydrogens (tertiary/aromatic N) is 2. The Balaban J connectivity index is 1.61. The molecular weight excluding hydrogens is 386 g/mol. The van der Waals surface area contributed by atoms with Crippen LogP contribution in [0.3, 0.4) is 0 Å². The SMILES string of the molecule is O=C(Nc1cc(Cl)ccc1N1CCCCC1)c1ccc2nc(C(F)F)[nH]c2c1. The van der Waals surface area contributed by atoms with Crippen LogP contribution in [0.1, 0.15) is 41.9 Å². The van der Waals surface area contributed by atoms with Crippen molar-refractivity contribution in [3.8, 4) is 0 Å². The molecule has 146 valence electrons. The molecule has 1 amide bonds. The van der Waals surface area contributed by atoms with Gasteiger partial charge in [-0.2, -0.15) is 0 Å². The summed E-state index contributed by atoms with van der Waals surface area (Å²) in [7, 11) is 0. The van der Waals surface area contributed by atoms with Crippen molar-refractivity contribution in [2.24, 2.45) is 0 Å². The summed E-state index contributed by atoms with van der Waals surface area (Å²) in [6, 6.07) is 10.1. The van der Waals surface area contributed by atoms with Crippen molar-refractivity contribution in [1.82, 2.24) is 9.97 Å². The molecule has 2 heterocycles. The van der Waals surface area contributed by atoms with Crippen molar-refractivity contribution < 1.29 is 13.6 Å². The first-order chi connectivity index (χ1) is 13.5. The molecule has 0 aliphatic carbocycles. The number of hydrogen-bond donors (Lipinski definition) is 2. The number of carbonyl (C=O) groups is 1. The van der Waals surface area contributed by atoms with E-state index in [-0.39, 0.29) is 5.91 Å². The minimum Gasteiger partial charge on any atom is -0.370 e.